The van der Waals surface area contributed by atoms with Crippen molar-refractivity contribution < 1.29 is 5.11 Å². The van der Waals surface area contributed by atoms with Gasteiger partial charge >= 0.3 is 0 Å². The Labute approximate surface area is 50.0 Å². The minimum Gasteiger partial charge on any atom is -0.392 e. The van der Waals surface area contributed by atoms with Crippen LogP contribution in [-0.4, -0.2) is 11.7 Å². The van der Waals surface area contributed by atoms with Crippen molar-refractivity contribution in [2.45, 2.75) is 20.3 Å². The lowest BCUT2D eigenvalue weighted by Gasteiger charge is -2.26. The number of rotatable bonds is 1. The van der Waals surface area contributed by atoms with E-state index in [1.54, 1.807) is 0 Å². The van der Waals surface area contributed by atoms with E-state index in [0.717, 1.165) is 12.3 Å². The summed E-state index contributed by atoms with van der Waals surface area (Å²) in [5.41, 5.74) is 2.64. The maximum atomic E-state index is 8.62. The van der Waals surface area contributed by atoms with Crippen molar-refractivity contribution >= 4 is 0 Å². The molecule has 1 unspecified atom stereocenters. The van der Waals surface area contributed by atoms with Gasteiger partial charge in [0.1, 0.15) is 0 Å². The predicted molar refractivity (Wildman–Crippen MR) is 33.6 cm³/mol. The summed E-state index contributed by atoms with van der Waals surface area (Å²) < 4.78 is 0. The van der Waals surface area contributed by atoms with Crippen LogP contribution >= 0.6 is 0 Å². The molecule has 1 heteroatoms. The monoisotopic (exact) mass is 112 g/mol. The van der Waals surface area contributed by atoms with Crippen LogP contribution in [0, 0.1) is 5.92 Å². The fraction of sp³-hybridized carbons (Fsp3) is 0.714. The molecule has 0 heterocycles. The van der Waals surface area contributed by atoms with Crippen LogP contribution in [0.15, 0.2) is 11.1 Å². The first-order chi connectivity index (χ1) is 3.75. The zero-order chi connectivity index (χ0) is 6.15. The van der Waals surface area contributed by atoms with Gasteiger partial charge in [0.2, 0.25) is 0 Å². The smallest absolute Gasteiger partial charge is 0.0644 e. The van der Waals surface area contributed by atoms with Crippen LogP contribution in [0.2, 0.25) is 0 Å². The fourth-order valence-corrected chi connectivity index (χ4v) is 1.09. The summed E-state index contributed by atoms with van der Waals surface area (Å²) in [5, 5.41) is 8.62. The lowest BCUT2D eigenvalue weighted by atomic mass is 9.80. The van der Waals surface area contributed by atoms with Crippen molar-refractivity contribution in [3.05, 3.63) is 11.1 Å². The molecule has 1 N–H and O–H groups in total. The average Bonchev–Trinajstić information content (AvgIpc) is 1.81. The number of hydrogen-bond donors (Lipinski definition) is 1. The molecule has 0 aliphatic heterocycles. The molecule has 0 saturated heterocycles. The molecule has 0 bridgehead atoms. The summed E-state index contributed by atoms with van der Waals surface area (Å²) >= 11 is 0. The Morgan fingerprint density at radius 2 is 2.38 bits per heavy atom. The summed E-state index contributed by atoms with van der Waals surface area (Å²) in [7, 11) is 0. The van der Waals surface area contributed by atoms with Gasteiger partial charge < -0.3 is 5.11 Å². The molecule has 0 saturated carbocycles. The van der Waals surface area contributed by atoms with Gasteiger partial charge in [-0.15, -0.1) is 0 Å². The Morgan fingerprint density at radius 1 is 1.75 bits per heavy atom. The Kier molecular flexibility index (Phi) is 1.39. The number of allylic oxidation sites excluding steroid dienone is 1. The SMILES string of the molecule is CC1=C(CO)CC1C. The molecule has 0 aromatic rings. The largest absolute Gasteiger partial charge is 0.392 e. The molecule has 1 aliphatic carbocycles. The molecule has 0 aromatic heterocycles. The van der Waals surface area contributed by atoms with Gasteiger partial charge in [-0.1, -0.05) is 12.5 Å². The van der Waals surface area contributed by atoms with E-state index in [1.807, 2.05) is 0 Å². The maximum absolute atomic E-state index is 8.62. The van der Waals surface area contributed by atoms with E-state index < -0.39 is 0 Å². The third kappa shape index (κ3) is 0.671. The summed E-state index contributed by atoms with van der Waals surface area (Å²) in [4.78, 5) is 0. The van der Waals surface area contributed by atoms with E-state index in [9.17, 15) is 0 Å². The molecule has 1 atom stereocenters. The molecule has 46 valence electrons. The fourth-order valence-electron chi connectivity index (χ4n) is 1.09. The Hall–Kier alpha value is -0.300. The number of aliphatic hydroxyl groups is 1. The maximum Gasteiger partial charge on any atom is 0.0644 e. The van der Waals surface area contributed by atoms with E-state index >= 15 is 0 Å². The first-order valence-electron chi connectivity index (χ1n) is 3.05. The van der Waals surface area contributed by atoms with Crippen molar-refractivity contribution in [2.24, 2.45) is 5.92 Å². The highest BCUT2D eigenvalue weighted by atomic mass is 16.3. The third-order valence-electron chi connectivity index (χ3n) is 2.04. The molecule has 1 rings (SSSR count). The molecule has 1 aliphatic rings. The van der Waals surface area contributed by atoms with Gasteiger partial charge in [-0.05, 0) is 24.8 Å². The standard InChI is InChI=1S/C7H12O/c1-5-3-7(4-8)6(5)2/h5,8H,3-4H2,1-2H3. The van der Waals surface area contributed by atoms with Gasteiger partial charge in [-0.3, -0.25) is 0 Å². The second kappa shape index (κ2) is 1.90. The first-order valence-corrected chi connectivity index (χ1v) is 3.05. The Morgan fingerprint density at radius 3 is 2.50 bits per heavy atom. The predicted octanol–water partition coefficient (Wildman–Crippen LogP) is 1.33. The van der Waals surface area contributed by atoms with Gasteiger partial charge in [0.05, 0.1) is 6.61 Å². The van der Waals surface area contributed by atoms with Crippen molar-refractivity contribution in [1.29, 1.82) is 0 Å². The summed E-state index contributed by atoms with van der Waals surface area (Å²) in [5.74, 6) is 0.733. The van der Waals surface area contributed by atoms with Crippen LogP contribution in [0.3, 0.4) is 0 Å². The van der Waals surface area contributed by atoms with E-state index in [1.165, 1.54) is 11.1 Å². The molecule has 0 radical (unpaired) electrons. The zero-order valence-electron chi connectivity index (χ0n) is 5.44. The van der Waals surface area contributed by atoms with E-state index in [4.69, 9.17) is 5.11 Å². The topological polar surface area (TPSA) is 20.2 Å². The second-order valence-corrected chi connectivity index (χ2v) is 2.55. The minimum absolute atomic E-state index is 0.274. The molecule has 0 spiro atoms. The highest BCUT2D eigenvalue weighted by Crippen LogP contribution is 2.32. The Balaban J connectivity index is 2.58. The summed E-state index contributed by atoms with van der Waals surface area (Å²) in [6.07, 6.45) is 1.11. The molecular weight excluding hydrogens is 100 g/mol. The molecule has 8 heavy (non-hydrogen) atoms. The van der Waals surface area contributed by atoms with Gasteiger partial charge in [-0.25, -0.2) is 0 Å². The second-order valence-electron chi connectivity index (χ2n) is 2.55. The number of hydrogen-bond acceptors (Lipinski definition) is 1. The zero-order valence-corrected chi connectivity index (χ0v) is 5.44. The van der Waals surface area contributed by atoms with Crippen LogP contribution in [-0.2, 0) is 0 Å². The van der Waals surface area contributed by atoms with Gasteiger partial charge in [0, 0.05) is 0 Å². The van der Waals surface area contributed by atoms with Gasteiger partial charge in [-0.2, -0.15) is 0 Å². The van der Waals surface area contributed by atoms with Gasteiger partial charge in [0.25, 0.3) is 0 Å². The normalized spacial score (nSPS) is 28.1. The van der Waals surface area contributed by atoms with Crippen LogP contribution in [0.25, 0.3) is 0 Å². The minimum atomic E-state index is 0.274. The summed E-state index contributed by atoms with van der Waals surface area (Å²) in [6.45, 7) is 4.56. The van der Waals surface area contributed by atoms with Crippen LogP contribution < -0.4 is 0 Å². The van der Waals surface area contributed by atoms with E-state index in [-0.39, 0.29) is 6.61 Å². The molecule has 0 amide bonds. The van der Waals surface area contributed by atoms with E-state index in [0.29, 0.717) is 0 Å². The molecule has 0 aromatic carbocycles. The van der Waals surface area contributed by atoms with Crippen LogP contribution in [0.1, 0.15) is 20.3 Å². The average molecular weight is 112 g/mol. The first kappa shape index (κ1) is 5.83. The third-order valence-corrected chi connectivity index (χ3v) is 2.04. The Bertz CT molecular complexity index is 124. The van der Waals surface area contributed by atoms with E-state index in [2.05, 4.69) is 13.8 Å². The van der Waals surface area contributed by atoms with Crippen molar-refractivity contribution in [1.82, 2.24) is 0 Å². The molecule has 0 fully saturated rings. The molecule has 1 nitrogen and oxygen atoms in total. The van der Waals surface area contributed by atoms with Crippen LogP contribution in [0.4, 0.5) is 0 Å². The molecular formula is C7H12O. The van der Waals surface area contributed by atoms with Crippen molar-refractivity contribution in [3.8, 4) is 0 Å². The van der Waals surface area contributed by atoms with Crippen molar-refractivity contribution in [2.75, 3.05) is 6.61 Å². The number of aliphatic hydroxyl groups excluding tert-OH is 1. The van der Waals surface area contributed by atoms with Gasteiger partial charge in [0.15, 0.2) is 0 Å². The summed E-state index contributed by atoms with van der Waals surface area (Å²) in [6, 6.07) is 0. The lowest BCUT2D eigenvalue weighted by molar-refractivity contribution is 0.308. The quantitative estimate of drug-likeness (QED) is 0.507. The highest BCUT2D eigenvalue weighted by molar-refractivity contribution is 5.25. The van der Waals surface area contributed by atoms with Crippen LogP contribution in [0.5, 0.6) is 0 Å². The van der Waals surface area contributed by atoms with Crippen molar-refractivity contribution in [3.63, 3.8) is 0 Å². The lowest BCUT2D eigenvalue weighted by Crippen LogP contribution is -2.15. The highest BCUT2D eigenvalue weighted by Gasteiger charge is 2.19.